The van der Waals surface area contributed by atoms with Crippen molar-refractivity contribution < 1.29 is 22.7 Å². The fourth-order valence-electron chi connectivity index (χ4n) is 3.04. The van der Waals surface area contributed by atoms with Gasteiger partial charge in [0.05, 0.1) is 16.9 Å². The molecule has 1 N–H and O–H groups in total. The number of ether oxygens (including phenoxy) is 1. The molecule has 1 saturated heterocycles. The van der Waals surface area contributed by atoms with Crippen LogP contribution in [0.2, 0.25) is 0 Å². The summed E-state index contributed by atoms with van der Waals surface area (Å²) >= 11 is 1.10. The van der Waals surface area contributed by atoms with E-state index in [-0.39, 0.29) is 16.4 Å². The molecule has 0 radical (unpaired) electrons. The van der Waals surface area contributed by atoms with Gasteiger partial charge in [0.2, 0.25) is 10.0 Å². The normalized spacial score (nSPS) is 15.2. The molecule has 28 heavy (non-hydrogen) atoms. The molecule has 1 aliphatic heterocycles. The van der Waals surface area contributed by atoms with E-state index in [4.69, 9.17) is 4.74 Å². The Labute approximate surface area is 168 Å². The maximum Gasteiger partial charge on any atom is 0.265 e. The van der Waals surface area contributed by atoms with Gasteiger partial charge in [0, 0.05) is 18.8 Å². The van der Waals surface area contributed by atoms with Gasteiger partial charge in [-0.15, -0.1) is 11.3 Å². The lowest BCUT2D eigenvalue weighted by Gasteiger charge is -2.26. The molecule has 1 fully saturated rings. The van der Waals surface area contributed by atoms with E-state index in [2.05, 4.69) is 5.32 Å². The van der Waals surface area contributed by atoms with Gasteiger partial charge in [-0.05, 0) is 50.1 Å². The highest BCUT2D eigenvalue weighted by molar-refractivity contribution is 7.89. The van der Waals surface area contributed by atoms with Crippen molar-refractivity contribution >= 4 is 38.7 Å². The summed E-state index contributed by atoms with van der Waals surface area (Å²) in [5.41, 5.74) is 0.346. The topological polar surface area (TPSA) is 92.8 Å². The van der Waals surface area contributed by atoms with Crippen LogP contribution in [0.15, 0.2) is 35.2 Å². The zero-order valence-corrected chi connectivity index (χ0v) is 17.4. The van der Waals surface area contributed by atoms with Gasteiger partial charge in [-0.25, -0.2) is 8.42 Å². The van der Waals surface area contributed by atoms with Crippen LogP contribution in [0.5, 0.6) is 5.75 Å². The maximum absolute atomic E-state index is 13.1. The molecule has 0 aliphatic carbocycles. The second-order valence-corrected chi connectivity index (χ2v) is 9.49. The zero-order valence-electron chi connectivity index (χ0n) is 15.7. The first-order chi connectivity index (χ1) is 13.3. The zero-order chi connectivity index (χ0) is 20.3. The monoisotopic (exact) mass is 422 g/mol. The van der Waals surface area contributed by atoms with Crippen LogP contribution in [0, 0.1) is 0 Å². The molecular formula is C19H22N2O5S2. The Balaban J connectivity index is 1.87. The van der Waals surface area contributed by atoms with Crippen LogP contribution < -0.4 is 10.1 Å². The fourth-order valence-corrected chi connectivity index (χ4v) is 5.54. The number of carbonyl (C=O) groups is 2. The summed E-state index contributed by atoms with van der Waals surface area (Å²) in [5, 5.41) is 2.70. The number of amides is 1. The molecule has 150 valence electrons. The van der Waals surface area contributed by atoms with Crippen molar-refractivity contribution in [1.29, 1.82) is 0 Å². The van der Waals surface area contributed by atoms with E-state index in [9.17, 15) is 18.0 Å². The van der Waals surface area contributed by atoms with E-state index in [1.165, 1.54) is 30.5 Å². The van der Waals surface area contributed by atoms with Gasteiger partial charge >= 0.3 is 0 Å². The van der Waals surface area contributed by atoms with Crippen LogP contribution in [0.1, 0.15) is 45.5 Å². The summed E-state index contributed by atoms with van der Waals surface area (Å²) < 4.78 is 32.8. The number of anilines is 1. The summed E-state index contributed by atoms with van der Waals surface area (Å²) in [6, 6.07) is 7.71. The number of hydrogen-bond acceptors (Lipinski definition) is 6. The standard InChI is InChI=1S/C19H22N2O5S2/c1-13(22)16-8-9-17(27-16)19(23)20-14-6-7-15(26-2)18(12-14)28(24,25)21-10-4-3-5-11-21/h6-9,12H,3-5,10-11H2,1-2H3,(H,20,23). The second kappa shape index (κ2) is 8.42. The summed E-state index contributed by atoms with van der Waals surface area (Å²) in [6.45, 7) is 2.39. The molecule has 9 heteroatoms. The van der Waals surface area contributed by atoms with Gasteiger partial charge in [0.15, 0.2) is 5.78 Å². The van der Waals surface area contributed by atoms with Crippen LogP contribution in [-0.4, -0.2) is 44.6 Å². The average molecular weight is 423 g/mol. The van der Waals surface area contributed by atoms with Crippen molar-refractivity contribution in [3.8, 4) is 5.75 Å². The molecule has 1 amide bonds. The largest absolute Gasteiger partial charge is 0.495 e. The average Bonchev–Trinajstić information content (AvgIpc) is 3.19. The van der Waals surface area contributed by atoms with Crippen molar-refractivity contribution in [3.63, 3.8) is 0 Å². The van der Waals surface area contributed by atoms with Crippen molar-refractivity contribution in [2.24, 2.45) is 0 Å². The first-order valence-corrected chi connectivity index (χ1v) is 11.2. The minimum absolute atomic E-state index is 0.0327. The molecule has 7 nitrogen and oxygen atoms in total. The number of methoxy groups -OCH3 is 1. The number of thiophene rings is 1. The minimum atomic E-state index is -3.72. The highest BCUT2D eigenvalue weighted by atomic mass is 32.2. The third-order valence-electron chi connectivity index (χ3n) is 4.53. The molecule has 3 rings (SSSR count). The van der Waals surface area contributed by atoms with E-state index in [1.807, 2.05) is 0 Å². The number of Topliss-reactive ketones (excluding diaryl/α,β-unsaturated/α-hetero) is 1. The first kappa shape index (κ1) is 20.5. The van der Waals surface area contributed by atoms with E-state index >= 15 is 0 Å². The lowest BCUT2D eigenvalue weighted by atomic mass is 10.2. The number of ketones is 1. The number of nitrogens with one attached hydrogen (secondary N) is 1. The van der Waals surface area contributed by atoms with Crippen LogP contribution in [0.25, 0.3) is 0 Å². The summed E-state index contributed by atoms with van der Waals surface area (Å²) in [6.07, 6.45) is 2.67. The van der Waals surface area contributed by atoms with E-state index in [0.717, 1.165) is 30.6 Å². The quantitative estimate of drug-likeness (QED) is 0.721. The Morgan fingerprint density at radius 1 is 1.07 bits per heavy atom. The Morgan fingerprint density at radius 3 is 2.36 bits per heavy atom. The number of nitrogens with zero attached hydrogens (tertiary/aromatic N) is 1. The maximum atomic E-state index is 13.1. The van der Waals surface area contributed by atoms with Crippen LogP contribution in [-0.2, 0) is 10.0 Å². The molecule has 0 bridgehead atoms. The van der Waals surface area contributed by atoms with Gasteiger partial charge in [-0.2, -0.15) is 4.31 Å². The number of rotatable bonds is 6. The number of carbonyl (C=O) groups excluding carboxylic acids is 2. The Bertz CT molecular complexity index is 992. The highest BCUT2D eigenvalue weighted by Crippen LogP contribution is 2.31. The van der Waals surface area contributed by atoms with Crippen molar-refractivity contribution in [1.82, 2.24) is 4.31 Å². The summed E-state index contributed by atoms with van der Waals surface area (Å²) in [5.74, 6) is -0.272. The predicted molar refractivity (Wildman–Crippen MR) is 108 cm³/mol. The Morgan fingerprint density at radius 2 is 1.75 bits per heavy atom. The van der Waals surface area contributed by atoms with Crippen molar-refractivity contribution in [3.05, 3.63) is 40.1 Å². The summed E-state index contributed by atoms with van der Waals surface area (Å²) in [4.78, 5) is 24.8. The molecule has 1 aliphatic rings. The Kier molecular flexibility index (Phi) is 6.17. The number of hydrogen-bond donors (Lipinski definition) is 1. The number of sulfonamides is 1. The molecule has 1 aromatic carbocycles. The first-order valence-electron chi connectivity index (χ1n) is 8.93. The molecule has 1 aromatic heterocycles. The molecule has 0 unspecified atom stereocenters. The van der Waals surface area contributed by atoms with Gasteiger partial charge in [-0.1, -0.05) is 6.42 Å². The number of benzene rings is 1. The number of piperidine rings is 1. The highest BCUT2D eigenvalue weighted by Gasteiger charge is 2.29. The SMILES string of the molecule is COc1ccc(NC(=O)c2ccc(C(C)=O)s2)cc1S(=O)(=O)N1CCCCC1. The van der Waals surface area contributed by atoms with E-state index in [1.54, 1.807) is 18.2 Å². The smallest absolute Gasteiger partial charge is 0.265 e. The fraction of sp³-hybridized carbons (Fsp3) is 0.368. The lowest BCUT2D eigenvalue weighted by molar-refractivity contribution is 0.101. The molecule has 2 aromatic rings. The minimum Gasteiger partial charge on any atom is -0.495 e. The van der Waals surface area contributed by atoms with Crippen molar-refractivity contribution in [2.45, 2.75) is 31.1 Å². The van der Waals surface area contributed by atoms with Crippen LogP contribution in [0.3, 0.4) is 0 Å². The predicted octanol–water partition coefficient (Wildman–Crippen LogP) is 3.39. The van der Waals surface area contributed by atoms with E-state index in [0.29, 0.717) is 28.5 Å². The third kappa shape index (κ3) is 4.26. The van der Waals surface area contributed by atoms with Crippen molar-refractivity contribution in [2.75, 3.05) is 25.5 Å². The van der Waals surface area contributed by atoms with Gasteiger partial charge in [0.25, 0.3) is 5.91 Å². The molecule has 0 spiro atoms. The Hall–Kier alpha value is -2.23. The lowest BCUT2D eigenvalue weighted by Crippen LogP contribution is -2.35. The van der Waals surface area contributed by atoms with E-state index < -0.39 is 15.9 Å². The summed E-state index contributed by atoms with van der Waals surface area (Å²) in [7, 11) is -2.31. The molecule has 0 saturated carbocycles. The van der Waals surface area contributed by atoms with Gasteiger partial charge in [0.1, 0.15) is 10.6 Å². The molecular weight excluding hydrogens is 400 g/mol. The third-order valence-corrected chi connectivity index (χ3v) is 7.64. The van der Waals surface area contributed by atoms with Crippen LogP contribution >= 0.6 is 11.3 Å². The molecule has 0 atom stereocenters. The second-order valence-electron chi connectivity index (χ2n) is 6.50. The van der Waals surface area contributed by atoms with Crippen LogP contribution in [0.4, 0.5) is 5.69 Å². The van der Waals surface area contributed by atoms with Gasteiger partial charge < -0.3 is 10.1 Å². The van der Waals surface area contributed by atoms with Gasteiger partial charge in [-0.3, -0.25) is 9.59 Å². The molecule has 2 heterocycles.